The Balaban J connectivity index is 1.45. The maximum absolute atomic E-state index is 12.6. The van der Waals surface area contributed by atoms with Crippen molar-refractivity contribution < 1.29 is 0 Å². The van der Waals surface area contributed by atoms with Gasteiger partial charge in [-0.2, -0.15) is 5.10 Å². The molecule has 6 rings (SSSR count). The molecule has 2 N–H and O–H groups in total. The zero-order valence-electron chi connectivity index (χ0n) is 19.4. The largest absolute Gasteiger partial charge is 0.377 e. The highest BCUT2D eigenvalue weighted by atomic mass is 16.1. The minimum Gasteiger partial charge on any atom is -0.377 e. The first kappa shape index (κ1) is 21.1. The highest BCUT2D eigenvalue weighted by Crippen LogP contribution is 2.46. The van der Waals surface area contributed by atoms with Crippen LogP contribution in [0.3, 0.4) is 0 Å². The van der Waals surface area contributed by atoms with Crippen LogP contribution in [-0.2, 0) is 6.54 Å². The summed E-state index contributed by atoms with van der Waals surface area (Å²) in [5.74, 6) is -0.0240. The molecule has 34 heavy (non-hydrogen) atoms. The van der Waals surface area contributed by atoms with Crippen molar-refractivity contribution in [1.29, 1.82) is 0 Å². The van der Waals surface area contributed by atoms with Gasteiger partial charge in [0, 0.05) is 43.8 Å². The van der Waals surface area contributed by atoms with E-state index in [0.29, 0.717) is 5.39 Å². The van der Waals surface area contributed by atoms with E-state index in [2.05, 4.69) is 80.9 Å². The average molecular weight is 452 g/mol. The molecule has 0 saturated carbocycles. The molecule has 1 fully saturated rings. The zero-order valence-corrected chi connectivity index (χ0v) is 19.4. The summed E-state index contributed by atoms with van der Waals surface area (Å²) in [5.41, 5.74) is 5.46. The molecular weight excluding hydrogens is 422 g/mol. The summed E-state index contributed by atoms with van der Waals surface area (Å²) >= 11 is 0. The van der Waals surface area contributed by atoms with Crippen molar-refractivity contribution in [2.45, 2.75) is 18.5 Å². The number of anilines is 1. The van der Waals surface area contributed by atoms with E-state index >= 15 is 0 Å². The van der Waals surface area contributed by atoms with Crippen LogP contribution in [0.2, 0.25) is 0 Å². The van der Waals surface area contributed by atoms with Gasteiger partial charge in [-0.05, 0) is 35.9 Å². The summed E-state index contributed by atoms with van der Waals surface area (Å²) in [7, 11) is 2.19. The number of hydrogen-bond acceptors (Lipinski definition) is 5. The van der Waals surface area contributed by atoms with Gasteiger partial charge in [-0.1, -0.05) is 60.7 Å². The summed E-state index contributed by atoms with van der Waals surface area (Å²) < 4.78 is 0. The van der Waals surface area contributed by atoms with Gasteiger partial charge in [0.05, 0.1) is 23.0 Å². The Kier molecular flexibility index (Phi) is 5.40. The van der Waals surface area contributed by atoms with Crippen LogP contribution in [-0.4, -0.2) is 53.2 Å². The third-order valence-electron chi connectivity index (χ3n) is 7.25. The van der Waals surface area contributed by atoms with Gasteiger partial charge in [-0.15, -0.1) is 0 Å². The standard InChI is InChI=1S/C28H29N5O/c1-32-13-15-33(16-14-32)18-19-7-5-10-21(17-19)24-26(20-8-3-2-4-9-20)29-23-12-6-11-22-25(23)27(24)30-31-28(22)34/h2-12,17,24,26,29H,13-16,18H2,1H3,(H,31,34). The van der Waals surface area contributed by atoms with E-state index in [9.17, 15) is 4.79 Å². The van der Waals surface area contributed by atoms with Gasteiger partial charge in [-0.3, -0.25) is 9.69 Å². The van der Waals surface area contributed by atoms with E-state index in [0.717, 1.165) is 49.5 Å². The van der Waals surface area contributed by atoms with E-state index in [-0.39, 0.29) is 17.5 Å². The molecule has 0 bridgehead atoms. The summed E-state index contributed by atoms with van der Waals surface area (Å²) in [6.45, 7) is 5.35. The van der Waals surface area contributed by atoms with E-state index < -0.39 is 0 Å². The number of benzene rings is 3. The van der Waals surface area contributed by atoms with Crippen LogP contribution < -0.4 is 10.9 Å². The lowest BCUT2D eigenvalue weighted by atomic mass is 9.79. The van der Waals surface area contributed by atoms with Crippen LogP contribution in [0, 0.1) is 0 Å². The molecule has 172 valence electrons. The second kappa shape index (κ2) is 8.70. The third-order valence-corrected chi connectivity index (χ3v) is 7.25. The minimum absolute atomic E-state index is 0.0107. The molecule has 2 unspecified atom stereocenters. The van der Waals surface area contributed by atoms with E-state index in [4.69, 9.17) is 0 Å². The number of nitrogens with one attached hydrogen (secondary N) is 2. The molecule has 4 aromatic rings. The Hall–Kier alpha value is -3.48. The van der Waals surface area contributed by atoms with Crippen LogP contribution in [0.25, 0.3) is 10.8 Å². The number of nitrogens with zero attached hydrogens (tertiary/aromatic N) is 3. The first-order valence-corrected chi connectivity index (χ1v) is 12.0. The van der Waals surface area contributed by atoms with Crippen molar-refractivity contribution in [2.75, 3.05) is 38.5 Å². The first-order valence-electron chi connectivity index (χ1n) is 12.0. The van der Waals surface area contributed by atoms with Crippen LogP contribution in [0.4, 0.5) is 5.69 Å². The summed E-state index contributed by atoms with van der Waals surface area (Å²) in [4.78, 5) is 17.5. The van der Waals surface area contributed by atoms with Gasteiger partial charge >= 0.3 is 0 Å². The molecule has 0 radical (unpaired) electrons. The maximum atomic E-state index is 12.6. The number of hydrogen-bond donors (Lipinski definition) is 2. The molecular formula is C28H29N5O. The Morgan fingerprint density at radius 3 is 2.50 bits per heavy atom. The molecule has 3 heterocycles. The molecule has 0 spiro atoms. The molecule has 6 heteroatoms. The van der Waals surface area contributed by atoms with Crippen molar-refractivity contribution in [3.63, 3.8) is 0 Å². The maximum Gasteiger partial charge on any atom is 0.272 e. The second-order valence-electron chi connectivity index (χ2n) is 9.50. The molecule has 1 saturated heterocycles. The summed E-state index contributed by atoms with van der Waals surface area (Å²) in [6, 6.07) is 25.3. The van der Waals surface area contributed by atoms with Crippen molar-refractivity contribution in [2.24, 2.45) is 0 Å². The Labute approximate surface area is 199 Å². The molecule has 2 atom stereocenters. The predicted octanol–water partition coefficient (Wildman–Crippen LogP) is 3.97. The average Bonchev–Trinajstić information content (AvgIpc) is 2.88. The minimum atomic E-state index is -0.150. The smallest absolute Gasteiger partial charge is 0.272 e. The van der Waals surface area contributed by atoms with Gasteiger partial charge in [0.1, 0.15) is 0 Å². The second-order valence-corrected chi connectivity index (χ2v) is 9.50. The van der Waals surface area contributed by atoms with Gasteiger partial charge in [-0.25, -0.2) is 5.10 Å². The highest BCUT2D eigenvalue weighted by Gasteiger charge is 2.34. The molecule has 1 aromatic heterocycles. The third kappa shape index (κ3) is 3.79. The van der Waals surface area contributed by atoms with Crippen LogP contribution in [0.15, 0.2) is 77.6 Å². The number of piperazine rings is 1. The lowest BCUT2D eigenvalue weighted by molar-refractivity contribution is 0.148. The zero-order chi connectivity index (χ0) is 23.1. The van der Waals surface area contributed by atoms with Gasteiger partial charge in [0.15, 0.2) is 0 Å². The lowest BCUT2D eigenvalue weighted by Gasteiger charge is -2.35. The van der Waals surface area contributed by atoms with Crippen LogP contribution in [0.5, 0.6) is 0 Å². The summed E-state index contributed by atoms with van der Waals surface area (Å²) in [6.07, 6.45) is 0. The van der Waals surface area contributed by atoms with Gasteiger partial charge in [0.2, 0.25) is 0 Å². The number of rotatable bonds is 4. The molecule has 0 amide bonds. The molecule has 2 aliphatic heterocycles. The fraction of sp³-hybridized carbons (Fsp3) is 0.286. The molecule has 6 nitrogen and oxygen atoms in total. The fourth-order valence-electron chi connectivity index (χ4n) is 5.43. The van der Waals surface area contributed by atoms with Crippen molar-refractivity contribution in [3.05, 3.63) is 106 Å². The quantitative estimate of drug-likeness (QED) is 0.492. The lowest BCUT2D eigenvalue weighted by Crippen LogP contribution is -2.43. The Bertz CT molecular complexity index is 1370. The Morgan fingerprint density at radius 1 is 0.912 bits per heavy atom. The summed E-state index contributed by atoms with van der Waals surface area (Å²) in [5, 5.41) is 12.8. The molecule has 2 aliphatic rings. The highest BCUT2D eigenvalue weighted by molar-refractivity contribution is 5.97. The number of likely N-dealkylation sites (N-methyl/N-ethyl adjacent to an activating group) is 1. The SMILES string of the molecule is CN1CCN(Cc2cccc(C3c4n[nH]c(=O)c5cccc(c45)NC3c3ccccc3)c2)CC1. The predicted molar refractivity (Wildman–Crippen MR) is 136 cm³/mol. The van der Waals surface area contributed by atoms with Crippen LogP contribution >= 0.6 is 0 Å². The monoisotopic (exact) mass is 451 g/mol. The van der Waals surface area contributed by atoms with Crippen molar-refractivity contribution in [3.8, 4) is 0 Å². The first-order chi connectivity index (χ1) is 16.7. The van der Waals surface area contributed by atoms with E-state index in [1.54, 1.807) is 0 Å². The molecule has 0 aliphatic carbocycles. The topological polar surface area (TPSA) is 64.3 Å². The normalized spacial score (nSPS) is 20.9. The number of H-pyrrole nitrogens is 1. The molecule has 3 aromatic carbocycles. The van der Waals surface area contributed by atoms with Gasteiger partial charge < -0.3 is 10.2 Å². The van der Waals surface area contributed by atoms with Crippen LogP contribution in [0.1, 0.15) is 34.3 Å². The van der Waals surface area contributed by atoms with E-state index in [1.165, 1.54) is 16.7 Å². The van der Waals surface area contributed by atoms with Crippen molar-refractivity contribution in [1.82, 2.24) is 20.0 Å². The van der Waals surface area contributed by atoms with E-state index in [1.807, 2.05) is 24.3 Å². The fourth-order valence-corrected chi connectivity index (χ4v) is 5.43. The Morgan fingerprint density at radius 2 is 1.68 bits per heavy atom. The van der Waals surface area contributed by atoms with Crippen molar-refractivity contribution >= 4 is 16.5 Å². The number of aromatic amines is 1. The number of aromatic nitrogens is 2. The van der Waals surface area contributed by atoms with Gasteiger partial charge in [0.25, 0.3) is 5.56 Å².